The Morgan fingerprint density at radius 1 is 1.56 bits per heavy atom. The van der Waals surface area contributed by atoms with E-state index in [1.807, 2.05) is 0 Å². The number of aromatic nitrogens is 2. The van der Waals surface area contributed by atoms with Crippen LogP contribution in [0.5, 0.6) is 0 Å². The van der Waals surface area contributed by atoms with Gasteiger partial charge in [0.1, 0.15) is 6.10 Å². The van der Waals surface area contributed by atoms with Gasteiger partial charge in [0.15, 0.2) is 0 Å². The van der Waals surface area contributed by atoms with Gasteiger partial charge in [0.05, 0.1) is 6.61 Å². The Balaban J connectivity index is 1.96. The van der Waals surface area contributed by atoms with Crippen LogP contribution in [-0.4, -0.2) is 54.9 Å². The molecule has 2 heterocycles. The SMILES string of the molecule is CCNCC(C)c1nc(C2CN(C)CCO2)no1. The first kappa shape index (κ1) is 13.5. The number of nitrogens with one attached hydrogen (secondary N) is 1. The van der Waals surface area contributed by atoms with Crippen molar-refractivity contribution in [1.82, 2.24) is 20.4 Å². The standard InChI is InChI=1S/C12H22N4O2/c1-4-13-7-9(2)12-14-11(15-18-12)10-8-16(3)5-6-17-10/h9-10,13H,4-8H2,1-3H3. The summed E-state index contributed by atoms with van der Waals surface area (Å²) in [6.07, 6.45) is -0.0624. The fourth-order valence-electron chi connectivity index (χ4n) is 1.96. The van der Waals surface area contributed by atoms with Crippen molar-refractivity contribution in [2.75, 3.05) is 39.8 Å². The lowest BCUT2D eigenvalue weighted by Crippen LogP contribution is -2.35. The first-order chi connectivity index (χ1) is 8.70. The Bertz CT molecular complexity index is 369. The molecule has 1 aromatic rings. The average molecular weight is 254 g/mol. The molecule has 1 saturated heterocycles. The van der Waals surface area contributed by atoms with E-state index in [1.165, 1.54) is 0 Å². The summed E-state index contributed by atoms with van der Waals surface area (Å²) < 4.78 is 11.0. The highest BCUT2D eigenvalue weighted by molar-refractivity contribution is 4.97. The van der Waals surface area contributed by atoms with Crippen LogP contribution in [0.25, 0.3) is 0 Å². The molecule has 0 amide bonds. The van der Waals surface area contributed by atoms with Gasteiger partial charge in [0.25, 0.3) is 0 Å². The van der Waals surface area contributed by atoms with Crippen LogP contribution in [0.4, 0.5) is 0 Å². The maximum Gasteiger partial charge on any atom is 0.230 e. The molecule has 1 fully saturated rings. The van der Waals surface area contributed by atoms with Crippen LogP contribution in [0.3, 0.4) is 0 Å². The second kappa shape index (κ2) is 6.26. The largest absolute Gasteiger partial charge is 0.367 e. The van der Waals surface area contributed by atoms with Crippen molar-refractivity contribution < 1.29 is 9.26 Å². The lowest BCUT2D eigenvalue weighted by molar-refractivity contribution is -0.0264. The molecule has 1 N–H and O–H groups in total. The number of hydrogen-bond donors (Lipinski definition) is 1. The molecule has 1 aromatic heterocycles. The molecule has 0 radical (unpaired) electrons. The number of likely N-dealkylation sites (N-methyl/N-ethyl adjacent to an activating group) is 2. The van der Waals surface area contributed by atoms with Crippen molar-refractivity contribution >= 4 is 0 Å². The van der Waals surface area contributed by atoms with Gasteiger partial charge in [-0.3, -0.25) is 0 Å². The van der Waals surface area contributed by atoms with E-state index in [1.54, 1.807) is 0 Å². The topological polar surface area (TPSA) is 63.4 Å². The number of hydrogen-bond acceptors (Lipinski definition) is 6. The predicted octanol–water partition coefficient (Wildman–Crippen LogP) is 0.786. The zero-order valence-corrected chi connectivity index (χ0v) is 11.3. The molecule has 0 spiro atoms. The van der Waals surface area contributed by atoms with E-state index < -0.39 is 0 Å². The van der Waals surface area contributed by atoms with E-state index in [4.69, 9.17) is 9.26 Å². The normalized spacial score (nSPS) is 23.2. The van der Waals surface area contributed by atoms with Gasteiger partial charge in [0.2, 0.25) is 11.7 Å². The highest BCUT2D eigenvalue weighted by atomic mass is 16.5. The minimum atomic E-state index is -0.0624. The smallest absolute Gasteiger partial charge is 0.230 e. The molecule has 6 heteroatoms. The van der Waals surface area contributed by atoms with Crippen molar-refractivity contribution in [1.29, 1.82) is 0 Å². The molecule has 102 valence electrons. The second-order valence-corrected chi connectivity index (χ2v) is 4.82. The van der Waals surface area contributed by atoms with Crippen molar-refractivity contribution in [3.63, 3.8) is 0 Å². The summed E-state index contributed by atoms with van der Waals surface area (Å²) in [5, 5.41) is 7.31. The zero-order chi connectivity index (χ0) is 13.0. The molecular weight excluding hydrogens is 232 g/mol. The van der Waals surface area contributed by atoms with Gasteiger partial charge < -0.3 is 19.5 Å². The van der Waals surface area contributed by atoms with Gasteiger partial charge in [-0.05, 0) is 13.6 Å². The van der Waals surface area contributed by atoms with E-state index in [-0.39, 0.29) is 12.0 Å². The quantitative estimate of drug-likeness (QED) is 0.838. The molecule has 0 saturated carbocycles. The van der Waals surface area contributed by atoms with E-state index in [0.29, 0.717) is 11.7 Å². The van der Waals surface area contributed by atoms with Crippen molar-refractivity contribution in [3.8, 4) is 0 Å². The third-order valence-electron chi connectivity index (χ3n) is 3.14. The van der Waals surface area contributed by atoms with Crippen LogP contribution in [-0.2, 0) is 4.74 Å². The van der Waals surface area contributed by atoms with Crippen LogP contribution >= 0.6 is 0 Å². The van der Waals surface area contributed by atoms with Crippen LogP contribution in [0.1, 0.15) is 37.6 Å². The van der Waals surface area contributed by atoms with Gasteiger partial charge in [-0.15, -0.1) is 0 Å². The summed E-state index contributed by atoms with van der Waals surface area (Å²) in [6, 6.07) is 0. The molecule has 18 heavy (non-hydrogen) atoms. The van der Waals surface area contributed by atoms with E-state index in [0.717, 1.165) is 32.8 Å². The summed E-state index contributed by atoms with van der Waals surface area (Å²) >= 11 is 0. The Labute approximate surface area is 108 Å². The highest BCUT2D eigenvalue weighted by Crippen LogP contribution is 2.21. The molecule has 0 aliphatic carbocycles. The molecule has 2 unspecified atom stereocenters. The van der Waals surface area contributed by atoms with Crippen molar-refractivity contribution in [2.24, 2.45) is 0 Å². The lowest BCUT2D eigenvalue weighted by atomic mass is 10.2. The van der Waals surface area contributed by atoms with Crippen molar-refractivity contribution in [2.45, 2.75) is 25.9 Å². The molecule has 1 aliphatic heterocycles. The molecule has 0 bridgehead atoms. The molecule has 1 aliphatic rings. The molecule has 2 rings (SSSR count). The van der Waals surface area contributed by atoms with E-state index in [2.05, 4.69) is 41.3 Å². The second-order valence-electron chi connectivity index (χ2n) is 4.82. The van der Waals surface area contributed by atoms with Gasteiger partial charge in [-0.25, -0.2) is 0 Å². The van der Waals surface area contributed by atoms with E-state index in [9.17, 15) is 0 Å². The third kappa shape index (κ3) is 3.28. The minimum absolute atomic E-state index is 0.0624. The Kier molecular flexibility index (Phi) is 4.68. The number of rotatable bonds is 5. The third-order valence-corrected chi connectivity index (χ3v) is 3.14. The average Bonchev–Trinajstić information content (AvgIpc) is 2.85. The molecule has 6 nitrogen and oxygen atoms in total. The Morgan fingerprint density at radius 2 is 2.39 bits per heavy atom. The van der Waals surface area contributed by atoms with Gasteiger partial charge >= 0.3 is 0 Å². The zero-order valence-electron chi connectivity index (χ0n) is 11.3. The summed E-state index contributed by atoms with van der Waals surface area (Å²) in [4.78, 5) is 6.67. The predicted molar refractivity (Wildman–Crippen MR) is 67.4 cm³/mol. The summed E-state index contributed by atoms with van der Waals surface area (Å²) in [7, 11) is 2.07. The first-order valence-corrected chi connectivity index (χ1v) is 6.55. The van der Waals surface area contributed by atoms with Crippen LogP contribution in [0.2, 0.25) is 0 Å². The molecule has 0 aromatic carbocycles. The summed E-state index contributed by atoms with van der Waals surface area (Å²) in [5.74, 6) is 1.58. The summed E-state index contributed by atoms with van der Waals surface area (Å²) in [6.45, 7) is 8.45. The van der Waals surface area contributed by atoms with E-state index >= 15 is 0 Å². The molecular formula is C12H22N4O2. The van der Waals surface area contributed by atoms with Crippen molar-refractivity contribution in [3.05, 3.63) is 11.7 Å². The number of nitrogens with zero attached hydrogens (tertiary/aromatic N) is 3. The lowest BCUT2D eigenvalue weighted by Gasteiger charge is -2.27. The number of ether oxygens (including phenoxy) is 1. The monoisotopic (exact) mass is 254 g/mol. The fourth-order valence-corrected chi connectivity index (χ4v) is 1.96. The fraction of sp³-hybridized carbons (Fsp3) is 0.833. The number of morpholine rings is 1. The minimum Gasteiger partial charge on any atom is -0.367 e. The van der Waals surface area contributed by atoms with Crippen LogP contribution in [0, 0.1) is 0 Å². The van der Waals surface area contributed by atoms with Crippen LogP contribution < -0.4 is 5.32 Å². The maximum absolute atomic E-state index is 5.67. The first-order valence-electron chi connectivity index (χ1n) is 6.55. The van der Waals surface area contributed by atoms with Gasteiger partial charge in [-0.2, -0.15) is 4.98 Å². The Morgan fingerprint density at radius 3 is 3.11 bits per heavy atom. The highest BCUT2D eigenvalue weighted by Gasteiger charge is 2.25. The summed E-state index contributed by atoms with van der Waals surface area (Å²) in [5.41, 5.74) is 0. The maximum atomic E-state index is 5.67. The molecule has 2 atom stereocenters. The van der Waals surface area contributed by atoms with Gasteiger partial charge in [-0.1, -0.05) is 19.0 Å². The Hall–Kier alpha value is -0.980. The van der Waals surface area contributed by atoms with Gasteiger partial charge in [0, 0.05) is 25.6 Å². The van der Waals surface area contributed by atoms with Crippen LogP contribution in [0.15, 0.2) is 4.52 Å².